The van der Waals surface area contributed by atoms with Crippen molar-refractivity contribution in [1.29, 1.82) is 0 Å². The van der Waals surface area contributed by atoms with Gasteiger partial charge in [0, 0.05) is 19.3 Å². The number of rotatable bonds is 9. The maximum Gasteiger partial charge on any atom is 0.0468 e. The van der Waals surface area contributed by atoms with Crippen LogP contribution in [-0.2, 0) is 4.74 Å². The zero-order valence-corrected chi connectivity index (χ0v) is 10.4. The summed E-state index contributed by atoms with van der Waals surface area (Å²) in [6, 6.07) is 0.615. The molecule has 0 aromatic rings. The number of nitrogens with one attached hydrogen (secondary N) is 1. The summed E-state index contributed by atoms with van der Waals surface area (Å²) >= 11 is 0. The summed E-state index contributed by atoms with van der Waals surface area (Å²) < 4.78 is 5.62. The highest BCUT2D eigenvalue weighted by Gasteiger charge is 2.16. The van der Waals surface area contributed by atoms with Crippen molar-refractivity contribution in [3.63, 3.8) is 0 Å². The molecule has 0 aliphatic heterocycles. The summed E-state index contributed by atoms with van der Waals surface area (Å²) in [5.41, 5.74) is 0. The molecule has 1 rings (SSSR count). The van der Waals surface area contributed by atoms with Crippen molar-refractivity contribution in [2.24, 2.45) is 5.92 Å². The van der Waals surface area contributed by atoms with Crippen molar-refractivity contribution >= 4 is 0 Å². The molecule has 0 atom stereocenters. The van der Waals surface area contributed by atoms with Crippen molar-refractivity contribution < 1.29 is 4.74 Å². The lowest BCUT2D eigenvalue weighted by atomic mass is 9.83. The largest absolute Gasteiger partial charge is 0.381 e. The Morgan fingerprint density at radius 2 is 2.00 bits per heavy atom. The molecule has 2 nitrogen and oxygen atoms in total. The summed E-state index contributed by atoms with van der Waals surface area (Å²) in [5, 5.41) is 3.42. The van der Waals surface area contributed by atoms with E-state index in [0.717, 1.165) is 25.7 Å². The standard InChI is InChI=1S/C13H27NO/c1-12(2)14-9-3-4-10-15-11-8-13-6-5-7-13/h12-14H,3-11H2,1-2H3. The number of hydrogen-bond acceptors (Lipinski definition) is 2. The molecule has 2 heteroatoms. The summed E-state index contributed by atoms with van der Waals surface area (Å²) in [6.45, 7) is 7.45. The lowest BCUT2D eigenvalue weighted by Crippen LogP contribution is -2.23. The Balaban J connectivity index is 1.69. The van der Waals surface area contributed by atoms with Crippen molar-refractivity contribution in [3.8, 4) is 0 Å². The summed E-state index contributed by atoms with van der Waals surface area (Å²) in [6.07, 6.45) is 8.07. The predicted octanol–water partition coefficient (Wildman–Crippen LogP) is 2.97. The van der Waals surface area contributed by atoms with Crippen molar-refractivity contribution in [3.05, 3.63) is 0 Å². The molecule has 0 amide bonds. The maximum absolute atomic E-state index is 5.62. The van der Waals surface area contributed by atoms with Gasteiger partial charge in [-0.3, -0.25) is 0 Å². The van der Waals surface area contributed by atoms with Gasteiger partial charge in [-0.05, 0) is 31.7 Å². The van der Waals surface area contributed by atoms with Gasteiger partial charge >= 0.3 is 0 Å². The molecule has 0 saturated heterocycles. The molecule has 0 aromatic heterocycles. The van der Waals surface area contributed by atoms with E-state index >= 15 is 0 Å². The average Bonchev–Trinajstić information content (AvgIpc) is 2.12. The molecule has 0 bridgehead atoms. The monoisotopic (exact) mass is 213 g/mol. The first-order valence-corrected chi connectivity index (χ1v) is 6.60. The van der Waals surface area contributed by atoms with Crippen LogP contribution in [0.4, 0.5) is 0 Å². The van der Waals surface area contributed by atoms with Gasteiger partial charge in [0.1, 0.15) is 0 Å². The van der Waals surface area contributed by atoms with E-state index in [1.165, 1.54) is 38.5 Å². The van der Waals surface area contributed by atoms with Crippen LogP contribution in [0.2, 0.25) is 0 Å². The highest BCUT2D eigenvalue weighted by atomic mass is 16.5. The molecule has 1 aliphatic carbocycles. The number of ether oxygens (including phenoxy) is 1. The number of hydrogen-bond donors (Lipinski definition) is 1. The molecule has 1 saturated carbocycles. The van der Waals surface area contributed by atoms with Gasteiger partial charge in [0.25, 0.3) is 0 Å². The van der Waals surface area contributed by atoms with Crippen LogP contribution >= 0.6 is 0 Å². The summed E-state index contributed by atoms with van der Waals surface area (Å²) in [5.74, 6) is 0.993. The van der Waals surface area contributed by atoms with Gasteiger partial charge in [-0.15, -0.1) is 0 Å². The Labute approximate surface area is 94.8 Å². The Morgan fingerprint density at radius 3 is 2.60 bits per heavy atom. The second-order valence-corrected chi connectivity index (χ2v) is 5.01. The third-order valence-corrected chi connectivity index (χ3v) is 3.16. The molecule has 15 heavy (non-hydrogen) atoms. The van der Waals surface area contributed by atoms with E-state index in [2.05, 4.69) is 19.2 Å². The minimum Gasteiger partial charge on any atom is -0.381 e. The van der Waals surface area contributed by atoms with Crippen molar-refractivity contribution in [2.75, 3.05) is 19.8 Å². The minimum atomic E-state index is 0.615. The topological polar surface area (TPSA) is 21.3 Å². The zero-order chi connectivity index (χ0) is 10.9. The van der Waals surface area contributed by atoms with E-state index < -0.39 is 0 Å². The molecule has 0 aromatic carbocycles. The van der Waals surface area contributed by atoms with Crippen molar-refractivity contribution in [2.45, 2.75) is 58.4 Å². The second-order valence-electron chi connectivity index (χ2n) is 5.01. The summed E-state index contributed by atoms with van der Waals surface area (Å²) in [7, 11) is 0. The van der Waals surface area contributed by atoms with Crippen LogP contribution in [0.5, 0.6) is 0 Å². The van der Waals surface area contributed by atoms with Crippen LogP contribution in [-0.4, -0.2) is 25.8 Å². The van der Waals surface area contributed by atoms with Crippen LogP contribution in [0.1, 0.15) is 52.4 Å². The van der Waals surface area contributed by atoms with Crippen LogP contribution in [0.3, 0.4) is 0 Å². The minimum absolute atomic E-state index is 0.615. The molecule has 1 aliphatic rings. The first-order chi connectivity index (χ1) is 7.29. The summed E-state index contributed by atoms with van der Waals surface area (Å²) in [4.78, 5) is 0. The highest BCUT2D eigenvalue weighted by Crippen LogP contribution is 2.29. The van der Waals surface area contributed by atoms with Gasteiger partial charge in [-0.2, -0.15) is 0 Å². The van der Waals surface area contributed by atoms with Crippen LogP contribution in [0, 0.1) is 5.92 Å². The Morgan fingerprint density at radius 1 is 1.20 bits per heavy atom. The SMILES string of the molecule is CC(C)NCCCCOCCC1CCC1. The molecular formula is C13H27NO. The first-order valence-electron chi connectivity index (χ1n) is 6.60. The Hall–Kier alpha value is -0.0800. The van der Waals surface area contributed by atoms with Crippen LogP contribution in [0.25, 0.3) is 0 Å². The van der Waals surface area contributed by atoms with Gasteiger partial charge in [0.05, 0.1) is 0 Å². The van der Waals surface area contributed by atoms with Crippen LogP contribution < -0.4 is 5.32 Å². The van der Waals surface area contributed by atoms with E-state index in [-0.39, 0.29) is 0 Å². The van der Waals surface area contributed by atoms with E-state index in [0.29, 0.717) is 6.04 Å². The Kier molecular flexibility index (Phi) is 7.03. The molecule has 0 heterocycles. The third-order valence-electron chi connectivity index (χ3n) is 3.16. The van der Waals surface area contributed by atoms with Gasteiger partial charge in [0.15, 0.2) is 0 Å². The molecule has 1 N–H and O–H groups in total. The fraction of sp³-hybridized carbons (Fsp3) is 1.00. The smallest absolute Gasteiger partial charge is 0.0468 e. The number of unbranched alkanes of at least 4 members (excludes halogenated alkanes) is 1. The van der Waals surface area contributed by atoms with E-state index in [9.17, 15) is 0 Å². The van der Waals surface area contributed by atoms with E-state index in [1.807, 2.05) is 0 Å². The van der Waals surface area contributed by atoms with E-state index in [4.69, 9.17) is 4.74 Å². The van der Waals surface area contributed by atoms with Gasteiger partial charge < -0.3 is 10.1 Å². The molecular weight excluding hydrogens is 186 g/mol. The highest BCUT2D eigenvalue weighted by molar-refractivity contribution is 4.68. The van der Waals surface area contributed by atoms with Gasteiger partial charge in [-0.1, -0.05) is 33.1 Å². The lowest BCUT2D eigenvalue weighted by Gasteiger charge is -2.24. The Bertz CT molecular complexity index is 143. The second kappa shape index (κ2) is 8.12. The lowest BCUT2D eigenvalue weighted by molar-refractivity contribution is 0.104. The molecule has 0 radical (unpaired) electrons. The van der Waals surface area contributed by atoms with Gasteiger partial charge in [0.2, 0.25) is 0 Å². The zero-order valence-electron chi connectivity index (χ0n) is 10.4. The molecule has 90 valence electrons. The van der Waals surface area contributed by atoms with E-state index in [1.54, 1.807) is 0 Å². The van der Waals surface area contributed by atoms with Gasteiger partial charge in [-0.25, -0.2) is 0 Å². The normalized spacial score (nSPS) is 17.0. The molecule has 0 unspecified atom stereocenters. The third kappa shape index (κ3) is 6.91. The predicted molar refractivity (Wildman–Crippen MR) is 65.1 cm³/mol. The van der Waals surface area contributed by atoms with Crippen LogP contribution in [0.15, 0.2) is 0 Å². The average molecular weight is 213 g/mol. The maximum atomic E-state index is 5.62. The fourth-order valence-electron chi connectivity index (χ4n) is 1.85. The molecule has 1 fully saturated rings. The molecule has 0 spiro atoms. The fourth-order valence-corrected chi connectivity index (χ4v) is 1.85. The quantitative estimate of drug-likeness (QED) is 0.595. The van der Waals surface area contributed by atoms with Crippen molar-refractivity contribution in [1.82, 2.24) is 5.32 Å². The first kappa shape index (κ1) is 13.0.